The molecule has 1 aliphatic heterocycles. The van der Waals surface area contributed by atoms with E-state index in [2.05, 4.69) is 19.8 Å². The SMILES string of the molecule is O=c1cc(CSc2ccc(Cl)cc2)nc(N2CCN(c3ccc(F)cc3)CC2)[nH]1. The van der Waals surface area contributed by atoms with Crippen molar-refractivity contribution in [2.75, 3.05) is 36.0 Å². The summed E-state index contributed by atoms with van der Waals surface area (Å²) in [7, 11) is 0. The number of aromatic nitrogens is 2. The van der Waals surface area contributed by atoms with E-state index in [9.17, 15) is 9.18 Å². The van der Waals surface area contributed by atoms with Crippen LogP contribution in [-0.2, 0) is 5.75 Å². The third kappa shape index (κ3) is 5.10. The Morgan fingerprint density at radius 1 is 1.00 bits per heavy atom. The van der Waals surface area contributed by atoms with Crippen LogP contribution in [0.25, 0.3) is 0 Å². The minimum atomic E-state index is -0.234. The number of H-pyrrole nitrogens is 1. The summed E-state index contributed by atoms with van der Waals surface area (Å²) >= 11 is 7.53. The molecular weight excluding hydrogens is 411 g/mol. The lowest BCUT2D eigenvalue weighted by molar-refractivity contribution is 0.622. The van der Waals surface area contributed by atoms with Gasteiger partial charge in [-0.3, -0.25) is 9.78 Å². The van der Waals surface area contributed by atoms with Gasteiger partial charge in [-0.25, -0.2) is 9.37 Å². The average molecular weight is 431 g/mol. The molecular formula is C21H20ClFN4OS. The third-order valence-corrected chi connectivity index (χ3v) is 6.05. The quantitative estimate of drug-likeness (QED) is 0.615. The van der Waals surface area contributed by atoms with E-state index in [1.54, 1.807) is 30.0 Å². The van der Waals surface area contributed by atoms with Gasteiger partial charge in [-0.1, -0.05) is 11.6 Å². The maximum atomic E-state index is 13.1. The predicted molar refractivity (Wildman–Crippen MR) is 117 cm³/mol. The number of nitrogens with zero attached hydrogens (tertiary/aromatic N) is 3. The van der Waals surface area contributed by atoms with Crippen molar-refractivity contribution >= 4 is 35.0 Å². The van der Waals surface area contributed by atoms with Gasteiger partial charge < -0.3 is 9.80 Å². The largest absolute Gasteiger partial charge is 0.368 e. The van der Waals surface area contributed by atoms with Gasteiger partial charge >= 0.3 is 0 Å². The molecule has 0 unspecified atom stereocenters. The van der Waals surface area contributed by atoms with E-state index in [4.69, 9.17) is 11.6 Å². The Bertz CT molecular complexity index is 1020. The molecule has 1 fully saturated rings. The topological polar surface area (TPSA) is 52.2 Å². The van der Waals surface area contributed by atoms with E-state index >= 15 is 0 Å². The van der Waals surface area contributed by atoms with Gasteiger partial charge in [0, 0.05) is 53.6 Å². The summed E-state index contributed by atoms with van der Waals surface area (Å²) in [6.45, 7) is 3.01. The summed E-state index contributed by atoms with van der Waals surface area (Å²) in [6.07, 6.45) is 0. The molecule has 0 amide bonds. The highest BCUT2D eigenvalue weighted by molar-refractivity contribution is 7.98. The Morgan fingerprint density at radius 2 is 1.66 bits per heavy atom. The van der Waals surface area contributed by atoms with Crippen molar-refractivity contribution in [1.29, 1.82) is 0 Å². The van der Waals surface area contributed by atoms with Crippen LogP contribution in [0, 0.1) is 5.82 Å². The Labute approximate surface area is 177 Å². The second-order valence-electron chi connectivity index (χ2n) is 6.75. The van der Waals surface area contributed by atoms with E-state index < -0.39 is 0 Å². The number of anilines is 2. The molecule has 150 valence electrons. The lowest BCUT2D eigenvalue weighted by Crippen LogP contribution is -2.47. The van der Waals surface area contributed by atoms with Gasteiger partial charge in [0.15, 0.2) is 0 Å². The summed E-state index contributed by atoms with van der Waals surface area (Å²) < 4.78 is 13.1. The van der Waals surface area contributed by atoms with Crippen molar-refractivity contribution in [3.8, 4) is 0 Å². The lowest BCUT2D eigenvalue weighted by Gasteiger charge is -2.36. The standard InChI is InChI=1S/C21H20ClFN4OS/c22-15-1-7-19(8-2-15)29-14-17-13-20(28)25-21(24-17)27-11-9-26(10-12-27)18-5-3-16(23)4-6-18/h1-8,13H,9-12,14H2,(H,24,25,28). The number of hydrogen-bond donors (Lipinski definition) is 1. The van der Waals surface area contributed by atoms with Crippen LogP contribution < -0.4 is 15.4 Å². The van der Waals surface area contributed by atoms with Crippen LogP contribution in [0.15, 0.2) is 64.3 Å². The van der Waals surface area contributed by atoms with E-state index in [0.29, 0.717) is 16.7 Å². The van der Waals surface area contributed by atoms with Crippen molar-refractivity contribution in [2.45, 2.75) is 10.6 Å². The zero-order valence-corrected chi connectivity index (χ0v) is 17.2. The molecule has 2 aromatic carbocycles. The Balaban J connectivity index is 1.40. The first-order valence-electron chi connectivity index (χ1n) is 9.31. The molecule has 0 aliphatic carbocycles. The number of benzene rings is 2. The van der Waals surface area contributed by atoms with E-state index in [0.717, 1.165) is 42.5 Å². The van der Waals surface area contributed by atoms with Crippen LogP contribution in [-0.4, -0.2) is 36.1 Å². The minimum absolute atomic E-state index is 0.150. The fraction of sp³-hybridized carbons (Fsp3) is 0.238. The van der Waals surface area contributed by atoms with E-state index in [-0.39, 0.29) is 11.4 Å². The van der Waals surface area contributed by atoms with Crippen LogP contribution >= 0.6 is 23.4 Å². The highest BCUT2D eigenvalue weighted by Crippen LogP contribution is 2.24. The van der Waals surface area contributed by atoms with Crippen molar-refractivity contribution in [3.05, 3.63) is 81.5 Å². The van der Waals surface area contributed by atoms with Crippen LogP contribution in [0.1, 0.15) is 5.69 Å². The van der Waals surface area contributed by atoms with Crippen molar-refractivity contribution < 1.29 is 4.39 Å². The molecule has 1 aromatic heterocycles. The molecule has 0 atom stereocenters. The van der Waals surface area contributed by atoms with Crippen molar-refractivity contribution in [2.24, 2.45) is 0 Å². The lowest BCUT2D eigenvalue weighted by atomic mass is 10.2. The molecule has 29 heavy (non-hydrogen) atoms. The first kappa shape index (κ1) is 19.8. The average Bonchev–Trinajstić information content (AvgIpc) is 2.74. The minimum Gasteiger partial charge on any atom is -0.368 e. The van der Waals surface area contributed by atoms with Gasteiger partial charge in [0.2, 0.25) is 5.95 Å². The molecule has 1 N–H and O–H groups in total. The Hall–Kier alpha value is -2.51. The molecule has 1 saturated heterocycles. The fourth-order valence-electron chi connectivity index (χ4n) is 3.23. The number of rotatable bonds is 5. The molecule has 0 spiro atoms. The highest BCUT2D eigenvalue weighted by Gasteiger charge is 2.19. The number of halogens is 2. The van der Waals surface area contributed by atoms with Gasteiger partial charge in [0.1, 0.15) is 5.82 Å². The van der Waals surface area contributed by atoms with Gasteiger partial charge in [-0.2, -0.15) is 0 Å². The van der Waals surface area contributed by atoms with Crippen LogP contribution in [0.5, 0.6) is 0 Å². The van der Waals surface area contributed by atoms with Gasteiger partial charge in [-0.05, 0) is 48.5 Å². The van der Waals surface area contributed by atoms with Crippen LogP contribution in [0.3, 0.4) is 0 Å². The van der Waals surface area contributed by atoms with Gasteiger partial charge in [-0.15, -0.1) is 11.8 Å². The second kappa shape index (κ2) is 8.88. The van der Waals surface area contributed by atoms with Crippen LogP contribution in [0.2, 0.25) is 5.02 Å². The maximum absolute atomic E-state index is 13.1. The first-order valence-corrected chi connectivity index (χ1v) is 10.7. The Kier molecular flexibility index (Phi) is 6.06. The molecule has 1 aliphatic rings. The van der Waals surface area contributed by atoms with Crippen molar-refractivity contribution in [1.82, 2.24) is 9.97 Å². The molecule has 2 heterocycles. The zero-order valence-electron chi connectivity index (χ0n) is 15.6. The second-order valence-corrected chi connectivity index (χ2v) is 8.24. The van der Waals surface area contributed by atoms with E-state index in [1.807, 2.05) is 24.3 Å². The summed E-state index contributed by atoms with van der Waals surface area (Å²) in [5.74, 6) is 0.971. The normalized spacial score (nSPS) is 14.3. The molecule has 0 bridgehead atoms. The predicted octanol–water partition coefficient (Wildman–Crippen LogP) is 4.18. The summed E-state index contributed by atoms with van der Waals surface area (Å²) in [4.78, 5) is 25.0. The molecule has 0 saturated carbocycles. The molecule has 3 aromatic rings. The number of thioether (sulfide) groups is 1. The monoisotopic (exact) mass is 430 g/mol. The zero-order chi connectivity index (χ0) is 20.2. The van der Waals surface area contributed by atoms with E-state index in [1.165, 1.54) is 12.1 Å². The number of piperazine rings is 1. The molecule has 5 nitrogen and oxygen atoms in total. The Morgan fingerprint density at radius 3 is 2.34 bits per heavy atom. The molecule has 4 rings (SSSR count). The smallest absolute Gasteiger partial charge is 0.252 e. The van der Waals surface area contributed by atoms with Crippen molar-refractivity contribution in [3.63, 3.8) is 0 Å². The number of nitrogens with one attached hydrogen (secondary N) is 1. The maximum Gasteiger partial charge on any atom is 0.252 e. The van der Waals surface area contributed by atoms with Gasteiger partial charge in [0.25, 0.3) is 5.56 Å². The van der Waals surface area contributed by atoms with Gasteiger partial charge in [0.05, 0.1) is 5.69 Å². The first-order chi connectivity index (χ1) is 14.1. The fourth-order valence-corrected chi connectivity index (χ4v) is 4.15. The molecule has 8 heteroatoms. The summed E-state index contributed by atoms with van der Waals surface area (Å²) in [5, 5.41) is 0.700. The third-order valence-electron chi connectivity index (χ3n) is 4.75. The number of hydrogen-bond acceptors (Lipinski definition) is 5. The van der Waals surface area contributed by atoms with Crippen LogP contribution in [0.4, 0.5) is 16.0 Å². The number of aromatic amines is 1. The summed E-state index contributed by atoms with van der Waals surface area (Å²) in [5.41, 5.74) is 1.59. The summed E-state index contributed by atoms with van der Waals surface area (Å²) in [6, 6.07) is 15.7. The highest BCUT2D eigenvalue weighted by atomic mass is 35.5. The molecule has 0 radical (unpaired) electrons.